The first-order chi connectivity index (χ1) is 14.8. The minimum absolute atomic E-state index is 0.0975. The number of carbonyl (C=O) groups excluding carboxylic acids is 1. The Morgan fingerprint density at radius 1 is 1.19 bits per heavy atom. The van der Waals surface area contributed by atoms with Gasteiger partial charge in [0.2, 0.25) is 0 Å². The SMILES string of the molecule is Cc1nc2ccccc2c(=O)n1NC(=O)c1ccc(N2CCC(C)CC2)c([N+](=O)[O-])c1. The average Bonchev–Trinajstić information content (AvgIpc) is 2.76. The normalized spacial score (nSPS) is 14.6. The first-order valence-electron chi connectivity index (χ1n) is 10.2. The number of piperidine rings is 1. The number of carbonyl (C=O) groups is 1. The molecule has 0 atom stereocenters. The Bertz CT molecular complexity index is 1230. The van der Waals surface area contributed by atoms with Gasteiger partial charge in [0.25, 0.3) is 17.2 Å². The van der Waals surface area contributed by atoms with E-state index in [1.54, 1.807) is 43.3 Å². The van der Waals surface area contributed by atoms with Crippen LogP contribution in [0.1, 0.15) is 35.9 Å². The number of nitro benzene ring substituents is 1. The predicted octanol–water partition coefficient (Wildman–Crippen LogP) is 3.23. The molecule has 1 N–H and O–H groups in total. The summed E-state index contributed by atoms with van der Waals surface area (Å²) in [5.41, 5.74) is 3.13. The Morgan fingerprint density at radius 3 is 2.61 bits per heavy atom. The molecule has 1 fully saturated rings. The van der Waals surface area contributed by atoms with E-state index in [1.165, 1.54) is 6.07 Å². The Morgan fingerprint density at radius 2 is 1.90 bits per heavy atom. The van der Waals surface area contributed by atoms with Crippen LogP contribution in [-0.2, 0) is 0 Å². The summed E-state index contributed by atoms with van der Waals surface area (Å²) in [6.45, 7) is 5.26. The zero-order valence-electron chi connectivity index (χ0n) is 17.4. The summed E-state index contributed by atoms with van der Waals surface area (Å²) < 4.78 is 1.07. The van der Waals surface area contributed by atoms with Crippen LogP contribution in [0.4, 0.5) is 11.4 Å². The molecule has 1 saturated heterocycles. The molecule has 160 valence electrons. The number of hydrogen-bond donors (Lipinski definition) is 1. The number of aromatic nitrogens is 2. The second-order valence-electron chi connectivity index (χ2n) is 7.89. The van der Waals surface area contributed by atoms with Gasteiger partial charge in [0.1, 0.15) is 11.5 Å². The molecular weight excluding hydrogens is 398 g/mol. The molecule has 1 aliphatic heterocycles. The summed E-state index contributed by atoms with van der Waals surface area (Å²) in [5.74, 6) is 0.285. The number of aryl methyl sites for hydroxylation is 1. The van der Waals surface area contributed by atoms with Crippen molar-refractivity contribution < 1.29 is 9.72 Å². The van der Waals surface area contributed by atoms with Gasteiger partial charge in [-0.25, -0.2) is 9.66 Å². The van der Waals surface area contributed by atoms with Crippen LogP contribution in [0.2, 0.25) is 0 Å². The average molecular weight is 421 g/mol. The summed E-state index contributed by atoms with van der Waals surface area (Å²) >= 11 is 0. The highest BCUT2D eigenvalue weighted by Gasteiger charge is 2.25. The topological polar surface area (TPSA) is 110 Å². The Labute approximate surface area is 178 Å². The van der Waals surface area contributed by atoms with Crippen LogP contribution in [0.3, 0.4) is 0 Å². The molecule has 1 amide bonds. The zero-order valence-corrected chi connectivity index (χ0v) is 17.4. The third-order valence-corrected chi connectivity index (χ3v) is 5.72. The van der Waals surface area contributed by atoms with Gasteiger partial charge >= 0.3 is 0 Å². The monoisotopic (exact) mass is 421 g/mol. The molecule has 2 aromatic carbocycles. The molecule has 9 heteroatoms. The highest BCUT2D eigenvalue weighted by molar-refractivity contribution is 6.01. The van der Waals surface area contributed by atoms with Gasteiger partial charge in [-0.3, -0.25) is 25.1 Å². The Kier molecular flexibility index (Phi) is 5.41. The van der Waals surface area contributed by atoms with Gasteiger partial charge in [-0.05, 0) is 49.9 Å². The molecule has 0 radical (unpaired) electrons. The lowest BCUT2D eigenvalue weighted by Crippen LogP contribution is -2.35. The molecule has 3 aromatic rings. The van der Waals surface area contributed by atoms with Crippen LogP contribution in [0.25, 0.3) is 10.9 Å². The van der Waals surface area contributed by atoms with E-state index >= 15 is 0 Å². The quantitative estimate of drug-likeness (QED) is 0.511. The number of para-hydroxylation sites is 1. The number of anilines is 1. The standard InChI is InChI=1S/C22H23N5O4/c1-14-9-11-25(12-10-14)19-8-7-16(13-20(19)27(30)31)21(28)24-26-15(2)23-18-6-4-3-5-17(18)22(26)29/h3-8,13-14H,9-12H2,1-2H3,(H,24,28). The van der Waals surface area contributed by atoms with Crippen molar-refractivity contribution in [3.8, 4) is 0 Å². The van der Waals surface area contributed by atoms with Crippen molar-refractivity contribution in [1.82, 2.24) is 9.66 Å². The number of nitro groups is 1. The number of nitrogens with one attached hydrogen (secondary N) is 1. The molecule has 9 nitrogen and oxygen atoms in total. The van der Waals surface area contributed by atoms with Crippen molar-refractivity contribution in [2.24, 2.45) is 5.92 Å². The van der Waals surface area contributed by atoms with Crippen LogP contribution >= 0.6 is 0 Å². The molecule has 0 bridgehead atoms. The van der Waals surface area contributed by atoms with Crippen molar-refractivity contribution in [1.29, 1.82) is 0 Å². The highest BCUT2D eigenvalue weighted by Crippen LogP contribution is 2.32. The number of hydrogen-bond acceptors (Lipinski definition) is 6. The largest absolute Gasteiger partial charge is 0.366 e. The van der Waals surface area contributed by atoms with E-state index in [4.69, 9.17) is 0 Å². The lowest BCUT2D eigenvalue weighted by atomic mass is 9.98. The van der Waals surface area contributed by atoms with Crippen molar-refractivity contribution in [2.45, 2.75) is 26.7 Å². The summed E-state index contributed by atoms with van der Waals surface area (Å²) in [6, 6.07) is 11.3. The number of amides is 1. The van der Waals surface area contributed by atoms with Gasteiger partial charge in [-0.2, -0.15) is 0 Å². The minimum Gasteiger partial charge on any atom is -0.366 e. The number of nitrogens with zero attached hydrogens (tertiary/aromatic N) is 4. The Hall–Kier alpha value is -3.75. The predicted molar refractivity (Wildman–Crippen MR) is 118 cm³/mol. The van der Waals surface area contributed by atoms with E-state index in [2.05, 4.69) is 17.3 Å². The van der Waals surface area contributed by atoms with Crippen molar-refractivity contribution in [2.75, 3.05) is 23.4 Å². The number of fused-ring (bicyclic) bond motifs is 1. The fourth-order valence-corrected chi connectivity index (χ4v) is 3.87. The van der Waals surface area contributed by atoms with E-state index in [0.717, 1.165) is 30.6 Å². The lowest BCUT2D eigenvalue weighted by molar-refractivity contribution is -0.384. The second-order valence-corrected chi connectivity index (χ2v) is 7.89. The van der Waals surface area contributed by atoms with Crippen molar-refractivity contribution >= 4 is 28.2 Å². The smallest absolute Gasteiger partial charge is 0.293 e. The zero-order chi connectivity index (χ0) is 22.1. The van der Waals surface area contributed by atoms with E-state index in [1.807, 2.05) is 4.90 Å². The highest BCUT2D eigenvalue weighted by atomic mass is 16.6. The van der Waals surface area contributed by atoms with E-state index in [-0.39, 0.29) is 11.3 Å². The summed E-state index contributed by atoms with van der Waals surface area (Å²) in [6.07, 6.45) is 1.94. The van der Waals surface area contributed by atoms with E-state index in [0.29, 0.717) is 28.3 Å². The van der Waals surface area contributed by atoms with Gasteiger partial charge in [0.05, 0.1) is 15.8 Å². The Balaban J connectivity index is 1.65. The molecule has 4 rings (SSSR count). The number of benzene rings is 2. The maximum absolute atomic E-state index is 12.8. The van der Waals surface area contributed by atoms with Crippen LogP contribution in [0.15, 0.2) is 47.3 Å². The van der Waals surface area contributed by atoms with Crippen LogP contribution in [0, 0.1) is 23.0 Å². The lowest BCUT2D eigenvalue weighted by Gasteiger charge is -2.31. The molecule has 31 heavy (non-hydrogen) atoms. The third kappa shape index (κ3) is 3.98. The fraction of sp³-hybridized carbons (Fsp3) is 0.318. The minimum atomic E-state index is -0.621. The second kappa shape index (κ2) is 8.17. The third-order valence-electron chi connectivity index (χ3n) is 5.72. The molecule has 0 unspecified atom stereocenters. The molecule has 2 heterocycles. The summed E-state index contributed by atoms with van der Waals surface area (Å²) in [7, 11) is 0. The van der Waals surface area contributed by atoms with Gasteiger partial charge in [-0.15, -0.1) is 0 Å². The molecule has 0 saturated carbocycles. The summed E-state index contributed by atoms with van der Waals surface area (Å²) in [4.78, 5) is 43.2. The summed E-state index contributed by atoms with van der Waals surface area (Å²) in [5, 5.41) is 12.1. The van der Waals surface area contributed by atoms with Gasteiger partial charge < -0.3 is 4.90 Å². The van der Waals surface area contributed by atoms with Gasteiger partial charge in [0.15, 0.2) is 0 Å². The molecule has 1 aromatic heterocycles. The molecule has 0 aliphatic carbocycles. The van der Waals surface area contributed by atoms with Crippen molar-refractivity contribution in [3.05, 3.63) is 74.3 Å². The first-order valence-corrected chi connectivity index (χ1v) is 10.2. The van der Waals surface area contributed by atoms with E-state index < -0.39 is 16.4 Å². The first kappa shape index (κ1) is 20.5. The maximum Gasteiger partial charge on any atom is 0.293 e. The van der Waals surface area contributed by atoms with Crippen LogP contribution < -0.4 is 15.9 Å². The fourth-order valence-electron chi connectivity index (χ4n) is 3.87. The van der Waals surface area contributed by atoms with Crippen LogP contribution in [0.5, 0.6) is 0 Å². The van der Waals surface area contributed by atoms with Crippen molar-refractivity contribution in [3.63, 3.8) is 0 Å². The molecule has 1 aliphatic rings. The van der Waals surface area contributed by atoms with E-state index in [9.17, 15) is 19.7 Å². The molecule has 0 spiro atoms. The number of rotatable bonds is 4. The van der Waals surface area contributed by atoms with Gasteiger partial charge in [-0.1, -0.05) is 19.1 Å². The maximum atomic E-state index is 12.8. The molecular formula is C22H23N5O4. The van der Waals surface area contributed by atoms with Gasteiger partial charge in [0, 0.05) is 24.7 Å². The van der Waals surface area contributed by atoms with Crippen LogP contribution in [-0.4, -0.2) is 33.6 Å².